The number of amides is 2. The highest BCUT2D eigenvalue weighted by Crippen LogP contribution is 2.47. The largest absolute Gasteiger partial charge is 0.497 e. The Morgan fingerprint density at radius 1 is 0.842 bits per heavy atom. The van der Waals surface area contributed by atoms with E-state index in [2.05, 4.69) is 0 Å². The van der Waals surface area contributed by atoms with Gasteiger partial charge in [0, 0.05) is 11.6 Å². The van der Waals surface area contributed by atoms with Gasteiger partial charge < -0.3 is 23.8 Å². The molecule has 3 aromatic rings. The van der Waals surface area contributed by atoms with Crippen LogP contribution in [0.3, 0.4) is 0 Å². The molecule has 196 valence electrons. The second-order valence-electron chi connectivity index (χ2n) is 9.03. The summed E-state index contributed by atoms with van der Waals surface area (Å²) >= 11 is 0. The van der Waals surface area contributed by atoms with E-state index in [0.717, 1.165) is 11.1 Å². The van der Waals surface area contributed by atoms with Crippen LogP contribution in [0.15, 0.2) is 78.9 Å². The third kappa shape index (κ3) is 4.30. The van der Waals surface area contributed by atoms with Gasteiger partial charge in [-0.05, 0) is 23.3 Å². The predicted octanol–water partition coefficient (Wildman–Crippen LogP) is 3.89. The number of likely N-dealkylation sites (tertiary alicyclic amines) is 1. The average molecular weight is 517 g/mol. The van der Waals surface area contributed by atoms with Crippen LogP contribution in [0.2, 0.25) is 0 Å². The zero-order chi connectivity index (χ0) is 26.8. The molecule has 2 saturated heterocycles. The summed E-state index contributed by atoms with van der Waals surface area (Å²) in [4.78, 5) is 42.8. The number of carbonyl (C=O) groups excluding carboxylic acids is 3. The maximum Gasteiger partial charge on any atom is 0.411 e. The van der Waals surface area contributed by atoms with E-state index in [1.54, 1.807) is 25.3 Å². The van der Waals surface area contributed by atoms with Gasteiger partial charge in [0.05, 0.1) is 27.9 Å². The Balaban J connectivity index is 1.51. The minimum absolute atomic E-state index is 0.0866. The zero-order valence-electron chi connectivity index (χ0n) is 21.3. The molecule has 0 spiro atoms. The van der Waals surface area contributed by atoms with Gasteiger partial charge in [0.1, 0.15) is 23.6 Å². The number of β-lactam (4-membered cyclic amide) rings is 1. The minimum atomic E-state index is -1.09. The topological polar surface area (TPSA) is 94.6 Å². The molecule has 9 nitrogen and oxygen atoms in total. The lowest BCUT2D eigenvalue weighted by Crippen LogP contribution is -2.73. The second-order valence-corrected chi connectivity index (χ2v) is 9.03. The fraction of sp³-hybridized carbons (Fsp3) is 0.276. The number of carbonyl (C=O) groups is 3. The van der Waals surface area contributed by atoms with Crippen LogP contribution in [-0.2, 0) is 25.6 Å². The third-order valence-corrected chi connectivity index (χ3v) is 7.04. The Morgan fingerprint density at radius 3 is 2.11 bits per heavy atom. The Kier molecular flexibility index (Phi) is 6.91. The number of hydrogen-bond acceptors (Lipinski definition) is 7. The van der Waals surface area contributed by atoms with Gasteiger partial charge in [0.2, 0.25) is 5.91 Å². The maximum absolute atomic E-state index is 13.7. The van der Waals surface area contributed by atoms with Crippen LogP contribution in [-0.4, -0.2) is 61.2 Å². The molecular formula is C29H28N2O7. The smallest absolute Gasteiger partial charge is 0.411 e. The van der Waals surface area contributed by atoms with E-state index in [1.807, 2.05) is 60.7 Å². The lowest BCUT2D eigenvalue weighted by Gasteiger charge is -2.49. The van der Waals surface area contributed by atoms with Crippen LogP contribution in [0.1, 0.15) is 28.8 Å². The summed E-state index contributed by atoms with van der Waals surface area (Å²) in [6, 6.07) is 21.2. The minimum Gasteiger partial charge on any atom is -0.497 e. The highest BCUT2D eigenvalue weighted by molar-refractivity contribution is 6.02. The molecular weight excluding hydrogens is 488 g/mol. The van der Waals surface area contributed by atoms with Crippen LogP contribution in [0.5, 0.6) is 11.5 Å². The van der Waals surface area contributed by atoms with Crippen molar-refractivity contribution in [3.05, 3.63) is 95.6 Å². The van der Waals surface area contributed by atoms with Crippen molar-refractivity contribution in [2.24, 2.45) is 0 Å². The van der Waals surface area contributed by atoms with Gasteiger partial charge in [-0.15, -0.1) is 0 Å². The lowest BCUT2D eigenvalue weighted by atomic mass is 9.88. The fourth-order valence-corrected chi connectivity index (χ4v) is 5.18. The number of ether oxygens (including phenoxy) is 4. The first-order chi connectivity index (χ1) is 18.5. The van der Waals surface area contributed by atoms with E-state index in [9.17, 15) is 14.4 Å². The van der Waals surface area contributed by atoms with Crippen molar-refractivity contribution in [1.82, 2.24) is 9.80 Å². The van der Waals surface area contributed by atoms with E-state index in [-0.39, 0.29) is 12.5 Å². The summed E-state index contributed by atoms with van der Waals surface area (Å²) in [6.07, 6.45) is -1.32. The molecule has 2 aliphatic heterocycles. The van der Waals surface area contributed by atoms with Gasteiger partial charge in [-0.2, -0.15) is 0 Å². The van der Waals surface area contributed by atoms with Crippen LogP contribution >= 0.6 is 0 Å². The normalized spacial score (nSPS) is 22.5. The number of nitrogens with zero attached hydrogens (tertiary/aromatic N) is 2. The first kappa shape index (κ1) is 25.1. The van der Waals surface area contributed by atoms with Crippen molar-refractivity contribution in [3.63, 3.8) is 0 Å². The molecule has 3 aromatic carbocycles. The molecule has 9 heteroatoms. The molecule has 0 N–H and O–H groups in total. The molecule has 5 rings (SSSR count). The quantitative estimate of drug-likeness (QED) is 0.331. The van der Waals surface area contributed by atoms with Gasteiger partial charge in [0.25, 0.3) is 0 Å². The number of hydrogen-bond donors (Lipinski definition) is 0. The van der Waals surface area contributed by atoms with Gasteiger partial charge in [-0.25, -0.2) is 9.59 Å². The number of cyclic esters (lactones) is 1. The van der Waals surface area contributed by atoms with E-state index >= 15 is 0 Å². The van der Waals surface area contributed by atoms with Crippen molar-refractivity contribution in [2.75, 3.05) is 21.3 Å². The second kappa shape index (κ2) is 10.5. The summed E-state index contributed by atoms with van der Waals surface area (Å²) in [7, 11) is 4.33. The molecule has 38 heavy (non-hydrogen) atoms. The van der Waals surface area contributed by atoms with Crippen molar-refractivity contribution in [1.29, 1.82) is 0 Å². The standard InChI is InChI=1S/C29H28N2O7/c1-35-21-15-14-20(22(16-21)36-2)17-30-25(28(33)37-3)24(27(30)32)31-23(18-10-6-4-7-11-18)26(38-29(31)34)19-12-8-5-9-13-19/h4-16,23-26H,17H2,1-3H3. The first-order valence-electron chi connectivity index (χ1n) is 12.2. The van der Waals surface area contributed by atoms with Gasteiger partial charge >= 0.3 is 12.1 Å². The SMILES string of the molecule is COC(=O)C1C(N2C(=O)OC(c3ccccc3)C2c2ccccc2)C(=O)N1Cc1ccc(OC)cc1OC. The molecule has 0 aromatic heterocycles. The third-order valence-electron chi connectivity index (χ3n) is 7.04. The maximum atomic E-state index is 13.7. The summed E-state index contributed by atoms with van der Waals surface area (Å²) in [5.41, 5.74) is 2.26. The number of methoxy groups -OCH3 is 3. The highest BCUT2D eigenvalue weighted by Gasteiger charge is 2.61. The van der Waals surface area contributed by atoms with Crippen LogP contribution in [0.25, 0.3) is 0 Å². The highest BCUT2D eigenvalue weighted by atomic mass is 16.6. The summed E-state index contributed by atoms with van der Waals surface area (Å²) in [5, 5.41) is 0. The Labute approximate surface area is 220 Å². The fourth-order valence-electron chi connectivity index (χ4n) is 5.18. The van der Waals surface area contributed by atoms with E-state index in [4.69, 9.17) is 18.9 Å². The molecule has 0 radical (unpaired) electrons. The van der Waals surface area contributed by atoms with E-state index < -0.39 is 36.3 Å². The van der Waals surface area contributed by atoms with Gasteiger partial charge in [-0.1, -0.05) is 60.7 Å². The monoisotopic (exact) mass is 516 g/mol. The molecule has 2 heterocycles. The van der Waals surface area contributed by atoms with Gasteiger partial charge in [0.15, 0.2) is 12.1 Å². The number of benzene rings is 3. The zero-order valence-corrected chi connectivity index (χ0v) is 21.3. The van der Waals surface area contributed by atoms with Crippen molar-refractivity contribution < 1.29 is 33.3 Å². The van der Waals surface area contributed by atoms with Crippen molar-refractivity contribution >= 4 is 18.0 Å². The summed E-state index contributed by atoms with van der Waals surface area (Å²) < 4.78 is 21.7. The van der Waals surface area contributed by atoms with E-state index in [0.29, 0.717) is 17.1 Å². The predicted molar refractivity (Wildman–Crippen MR) is 136 cm³/mol. The molecule has 2 fully saturated rings. The van der Waals surface area contributed by atoms with Gasteiger partial charge in [-0.3, -0.25) is 9.69 Å². The molecule has 0 bridgehead atoms. The number of esters is 1. The summed E-state index contributed by atoms with van der Waals surface area (Å²) in [5.74, 6) is 0.103. The van der Waals surface area contributed by atoms with Crippen LogP contribution < -0.4 is 9.47 Å². The average Bonchev–Trinajstić information content (AvgIpc) is 3.30. The Bertz CT molecular complexity index is 1330. The van der Waals surface area contributed by atoms with Crippen molar-refractivity contribution in [2.45, 2.75) is 30.8 Å². The Morgan fingerprint density at radius 2 is 1.50 bits per heavy atom. The molecule has 0 saturated carbocycles. The first-order valence-corrected chi connectivity index (χ1v) is 12.2. The molecule has 0 aliphatic carbocycles. The lowest BCUT2D eigenvalue weighted by molar-refractivity contribution is -0.175. The Hall–Kier alpha value is -4.53. The van der Waals surface area contributed by atoms with Crippen LogP contribution in [0.4, 0.5) is 4.79 Å². The molecule has 4 unspecified atom stereocenters. The molecule has 2 amide bonds. The molecule has 2 aliphatic rings. The summed E-state index contributed by atoms with van der Waals surface area (Å²) in [6.45, 7) is 0.0866. The van der Waals surface area contributed by atoms with Crippen LogP contribution in [0, 0.1) is 0 Å². The van der Waals surface area contributed by atoms with E-state index in [1.165, 1.54) is 24.0 Å². The number of rotatable bonds is 8. The van der Waals surface area contributed by atoms with Crippen molar-refractivity contribution in [3.8, 4) is 11.5 Å². The molecule has 4 atom stereocenters.